The molecule has 27 heavy (non-hydrogen) atoms. The van der Waals surface area contributed by atoms with E-state index < -0.39 is 10.8 Å². The van der Waals surface area contributed by atoms with E-state index in [1.807, 2.05) is 24.3 Å². The van der Waals surface area contributed by atoms with Crippen LogP contribution in [-0.4, -0.2) is 18.4 Å². The van der Waals surface area contributed by atoms with Gasteiger partial charge >= 0.3 is 0 Å². The number of benzene rings is 2. The zero-order valence-electron chi connectivity index (χ0n) is 16.4. The third kappa shape index (κ3) is 5.02. The molecule has 1 unspecified atom stereocenters. The van der Waals surface area contributed by atoms with Crippen LogP contribution in [-0.2, 0) is 16.2 Å². The highest BCUT2D eigenvalue weighted by atomic mass is 32.2. The number of methoxy groups -OCH3 is 2. The van der Waals surface area contributed by atoms with Crippen LogP contribution in [0.15, 0.2) is 58.6 Å². The van der Waals surface area contributed by atoms with E-state index in [0.29, 0.717) is 22.1 Å². The van der Waals surface area contributed by atoms with Gasteiger partial charge in [0.05, 0.1) is 20.4 Å². The Kier molecular flexibility index (Phi) is 6.51. The molecule has 0 heterocycles. The van der Waals surface area contributed by atoms with Gasteiger partial charge in [-0.15, -0.1) is 0 Å². The fourth-order valence-corrected chi connectivity index (χ4v) is 3.33. The summed E-state index contributed by atoms with van der Waals surface area (Å²) >= 11 is 0. The number of nitrogens with zero attached hydrogens (tertiary/aromatic N) is 1. The molecule has 0 aliphatic heterocycles. The minimum Gasteiger partial charge on any atom is -0.497 e. The van der Waals surface area contributed by atoms with Gasteiger partial charge < -0.3 is 15.2 Å². The molecule has 7 heteroatoms. The first-order valence-electron chi connectivity index (χ1n) is 8.43. The average molecular weight is 390 g/mol. The van der Waals surface area contributed by atoms with Gasteiger partial charge in [-0.2, -0.15) is 0 Å². The molecule has 2 aromatic rings. The van der Waals surface area contributed by atoms with E-state index in [-0.39, 0.29) is 10.4 Å². The quantitative estimate of drug-likeness (QED) is 0.582. The molecule has 2 aromatic carbocycles. The molecule has 0 amide bonds. The van der Waals surface area contributed by atoms with E-state index >= 15 is 0 Å². The molecule has 0 fully saturated rings. The van der Waals surface area contributed by atoms with E-state index in [0.717, 1.165) is 5.56 Å². The molecular weight excluding hydrogens is 362 g/mol. The zero-order chi connectivity index (χ0) is 20.2. The molecule has 0 aromatic heterocycles. The molecule has 0 bridgehead atoms. The molecular formula is C20H27N3O3S. The summed E-state index contributed by atoms with van der Waals surface area (Å²) in [6, 6.07) is 12.8. The van der Waals surface area contributed by atoms with Gasteiger partial charge in [0.15, 0.2) is 0 Å². The van der Waals surface area contributed by atoms with E-state index in [9.17, 15) is 4.21 Å². The van der Waals surface area contributed by atoms with Gasteiger partial charge in [0.25, 0.3) is 0 Å². The molecule has 0 saturated carbocycles. The number of nitrogens with two attached hydrogens (primary N) is 2. The van der Waals surface area contributed by atoms with Gasteiger partial charge in [-0.1, -0.05) is 32.9 Å². The topological polar surface area (TPSA) is 90.8 Å². The Bertz CT molecular complexity index is 843. The summed E-state index contributed by atoms with van der Waals surface area (Å²) in [5.41, 5.74) is 7.77. The second kappa shape index (κ2) is 8.45. The van der Waals surface area contributed by atoms with Gasteiger partial charge in [-0.25, -0.2) is 10.1 Å². The van der Waals surface area contributed by atoms with Crippen LogP contribution in [0.5, 0.6) is 11.5 Å². The minimum absolute atomic E-state index is 0.0262. The molecule has 2 rings (SSSR count). The van der Waals surface area contributed by atoms with Crippen molar-refractivity contribution in [3.05, 3.63) is 59.3 Å². The highest BCUT2D eigenvalue weighted by Gasteiger charge is 2.16. The van der Waals surface area contributed by atoms with Crippen molar-refractivity contribution >= 4 is 16.5 Å². The predicted octanol–water partition coefficient (Wildman–Crippen LogP) is 3.25. The summed E-state index contributed by atoms with van der Waals surface area (Å²) < 4.78 is 23.3. The van der Waals surface area contributed by atoms with Crippen LogP contribution in [0.3, 0.4) is 0 Å². The molecule has 4 N–H and O–H groups in total. The maximum absolute atomic E-state index is 12.7. The van der Waals surface area contributed by atoms with Crippen molar-refractivity contribution < 1.29 is 13.7 Å². The number of ether oxygens (including phenoxy) is 2. The Hall–Kier alpha value is -2.51. The van der Waals surface area contributed by atoms with E-state index in [1.165, 1.54) is 11.2 Å². The van der Waals surface area contributed by atoms with Crippen molar-refractivity contribution in [2.75, 3.05) is 19.2 Å². The lowest BCUT2D eigenvalue weighted by molar-refractivity contribution is 0.403. The van der Waals surface area contributed by atoms with Crippen LogP contribution >= 0.6 is 0 Å². The second-order valence-electron chi connectivity index (χ2n) is 7.02. The maximum Gasteiger partial charge on any atom is 0.144 e. The zero-order valence-corrected chi connectivity index (χ0v) is 17.2. The van der Waals surface area contributed by atoms with Crippen LogP contribution in [0.1, 0.15) is 26.3 Å². The van der Waals surface area contributed by atoms with Gasteiger partial charge in [-0.3, -0.25) is 5.01 Å². The van der Waals surface area contributed by atoms with Crippen LogP contribution in [0, 0.1) is 0 Å². The number of hydrazine groups is 1. The number of anilines is 1. The van der Waals surface area contributed by atoms with Crippen molar-refractivity contribution in [2.24, 2.45) is 11.6 Å². The summed E-state index contributed by atoms with van der Waals surface area (Å²) in [5, 5.41) is 1.41. The first kappa shape index (κ1) is 20.8. The van der Waals surface area contributed by atoms with Crippen LogP contribution in [0.2, 0.25) is 0 Å². The summed E-state index contributed by atoms with van der Waals surface area (Å²) in [6.45, 7) is 6.38. The first-order valence-corrected chi connectivity index (χ1v) is 9.58. The maximum atomic E-state index is 12.7. The molecule has 0 aliphatic rings. The highest BCUT2D eigenvalue weighted by molar-refractivity contribution is 7.89. The fourth-order valence-electron chi connectivity index (χ4n) is 2.47. The molecule has 1 atom stereocenters. The third-order valence-electron chi connectivity index (χ3n) is 4.08. The summed E-state index contributed by atoms with van der Waals surface area (Å²) in [6.07, 6.45) is 1.42. The largest absolute Gasteiger partial charge is 0.497 e. The van der Waals surface area contributed by atoms with Crippen LogP contribution in [0.4, 0.5) is 5.69 Å². The lowest BCUT2D eigenvalue weighted by atomic mass is 9.87. The normalized spacial score (nSPS) is 13.2. The summed E-state index contributed by atoms with van der Waals surface area (Å²) in [7, 11) is 1.58. The Morgan fingerprint density at radius 1 is 1.07 bits per heavy atom. The number of rotatable bonds is 6. The standard InChI is InChI=1S/C20H27N3O3S/c1-20(2,3)14-6-9-16(10-7-14)27(24)19(21)13-23(22)17-12-15(25-4)8-11-18(17)26-5/h6-13H,21-22H2,1-5H3/b19-13+. The van der Waals surface area contributed by atoms with Crippen LogP contribution in [0.25, 0.3) is 0 Å². The SMILES string of the molecule is COc1ccc(OC)c(N(N)/C=C(\N)S(=O)c2ccc(C(C)(C)C)cc2)c1. The Balaban J connectivity index is 2.27. The van der Waals surface area contributed by atoms with Crippen molar-refractivity contribution in [1.82, 2.24) is 0 Å². The third-order valence-corrected chi connectivity index (χ3v) is 5.31. The van der Waals surface area contributed by atoms with Crippen molar-refractivity contribution in [1.29, 1.82) is 0 Å². The molecule has 0 aliphatic carbocycles. The Morgan fingerprint density at radius 2 is 1.70 bits per heavy atom. The monoisotopic (exact) mass is 389 g/mol. The fraction of sp³-hybridized carbons (Fsp3) is 0.300. The van der Waals surface area contributed by atoms with Crippen molar-refractivity contribution in [3.63, 3.8) is 0 Å². The smallest absolute Gasteiger partial charge is 0.144 e. The summed E-state index contributed by atoms with van der Waals surface area (Å²) in [5.74, 6) is 7.26. The Morgan fingerprint density at radius 3 is 2.22 bits per heavy atom. The lowest BCUT2D eigenvalue weighted by Gasteiger charge is -2.20. The predicted molar refractivity (Wildman–Crippen MR) is 110 cm³/mol. The van der Waals surface area contributed by atoms with Crippen LogP contribution < -0.4 is 26.1 Å². The average Bonchev–Trinajstić information content (AvgIpc) is 2.66. The second-order valence-corrected chi connectivity index (χ2v) is 8.50. The van der Waals surface area contributed by atoms with Gasteiger partial charge in [-0.05, 0) is 35.2 Å². The minimum atomic E-state index is -1.53. The number of hydrogen-bond acceptors (Lipinski definition) is 6. The van der Waals surface area contributed by atoms with Crippen molar-refractivity contribution in [2.45, 2.75) is 31.1 Å². The van der Waals surface area contributed by atoms with Gasteiger partial charge in [0, 0.05) is 11.0 Å². The van der Waals surface area contributed by atoms with E-state index in [1.54, 1.807) is 32.4 Å². The van der Waals surface area contributed by atoms with E-state index in [4.69, 9.17) is 21.1 Å². The first-order chi connectivity index (χ1) is 12.7. The molecule has 0 radical (unpaired) electrons. The molecule has 0 spiro atoms. The van der Waals surface area contributed by atoms with Gasteiger partial charge in [0.1, 0.15) is 33.0 Å². The molecule has 146 valence electrons. The van der Waals surface area contributed by atoms with E-state index in [2.05, 4.69) is 20.8 Å². The summed E-state index contributed by atoms with van der Waals surface area (Å²) in [4.78, 5) is 0.614. The number of hydrogen-bond donors (Lipinski definition) is 2. The highest BCUT2D eigenvalue weighted by Crippen LogP contribution is 2.31. The molecule has 0 saturated heterocycles. The van der Waals surface area contributed by atoms with Gasteiger partial charge in [0.2, 0.25) is 0 Å². The lowest BCUT2D eigenvalue weighted by Crippen LogP contribution is -2.27. The Labute approximate surface area is 163 Å². The van der Waals surface area contributed by atoms with Crippen molar-refractivity contribution in [3.8, 4) is 11.5 Å². The molecule has 6 nitrogen and oxygen atoms in total.